The number of nitrogens with one attached hydrogen (secondary N) is 2. The van der Waals surface area contributed by atoms with E-state index in [0.717, 1.165) is 17.7 Å². The lowest BCUT2D eigenvalue weighted by Crippen LogP contribution is -2.41. The zero-order valence-electron chi connectivity index (χ0n) is 11.8. The highest BCUT2D eigenvalue weighted by molar-refractivity contribution is 5.86. The lowest BCUT2D eigenvalue weighted by molar-refractivity contribution is 0.180. The predicted molar refractivity (Wildman–Crippen MR) is 79.5 cm³/mol. The van der Waals surface area contributed by atoms with Crippen molar-refractivity contribution in [3.05, 3.63) is 6.20 Å². The SMILES string of the molecule is CC(CNc1nc(N)nc2[nH]ncc12)N1CCCCC1. The number of nitrogens with two attached hydrogens (primary N) is 1. The summed E-state index contributed by atoms with van der Waals surface area (Å²) in [5.41, 5.74) is 6.38. The molecule has 1 atom stereocenters. The van der Waals surface area contributed by atoms with Gasteiger partial charge < -0.3 is 11.1 Å². The first kappa shape index (κ1) is 13.1. The maximum atomic E-state index is 5.71. The van der Waals surface area contributed by atoms with Gasteiger partial charge in [0.2, 0.25) is 5.95 Å². The summed E-state index contributed by atoms with van der Waals surface area (Å²) in [6.45, 7) is 5.47. The third-order valence-corrected chi connectivity index (χ3v) is 3.91. The molecule has 1 fully saturated rings. The second-order valence-electron chi connectivity index (χ2n) is 5.39. The number of aromatic nitrogens is 4. The van der Waals surface area contributed by atoms with Gasteiger partial charge in [0, 0.05) is 12.6 Å². The Labute approximate surface area is 118 Å². The Morgan fingerprint density at radius 2 is 2.15 bits per heavy atom. The minimum Gasteiger partial charge on any atom is -0.368 e. The van der Waals surface area contributed by atoms with Crippen LogP contribution in [0.4, 0.5) is 11.8 Å². The Morgan fingerprint density at radius 1 is 1.35 bits per heavy atom. The van der Waals surface area contributed by atoms with Gasteiger partial charge in [0.15, 0.2) is 5.65 Å². The molecule has 0 amide bonds. The van der Waals surface area contributed by atoms with Crippen LogP contribution in [0, 0.1) is 0 Å². The van der Waals surface area contributed by atoms with E-state index in [1.165, 1.54) is 32.4 Å². The number of likely N-dealkylation sites (tertiary alicyclic amines) is 1. The summed E-state index contributed by atoms with van der Waals surface area (Å²) in [5, 5.41) is 11.1. The Morgan fingerprint density at radius 3 is 2.95 bits per heavy atom. The molecule has 1 unspecified atom stereocenters. The summed E-state index contributed by atoms with van der Waals surface area (Å²) in [4.78, 5) is 10.9. The first-order valence-electron chi connectivity index (χ1n) is 7.18. The maximum Gasteiger partial charge on any atom is 0.224 e. The number of rotatable bonds is 4. The Bertz CT molecular complexity index is 573. The highest BCUT2D eigenvalue weighted by atomic mass is 15.2. The molecule has 0 spiro atoms. The van der Waals surface area contributed by atoms with Crippen molar-refractivity contribution in [2.24, 2.45) is 0 Å². The normalized spacial score (nSPS) is 18.2. The van der Waals surface area contributed by atoms with Gasteiger partial charge in [-0.15, -0.1) is 0 Å². The van der Waals surface area contributed by atoms with Crippen LogP contribution in [0.3, 0.4) is 0 Å². The van der Waals surface area contributed by atoms with Crippen molar-refractivity contribution < 1.29 is 0 Å². The second-order valence-corrected chi connectivity index (χ2v) is 5.39. The van der Waals surface area contributed by atoms with E-state index in [1.54, 1.807) is 6.20 Å². The maximum absolute atomic E-state index is 5.71. The number of aromatic amines is 1. The third-order valence-electron chi connectivity index (χ3n) is 3.91. The number of hydrogen-bond donors (Lipinski definition) is 3. The van der Waals surface area contributed by atoms with Crippen LogP contribution in [0.2, 0.25) is 0 Å². The van der Waals surface area contributed by atoms with Crippen molar-refractivity contribution in [2.75, 3.05) is 30.7 Å². The minimum atomic E-state index is 0.259. The zero-order chi connectivity index (χ0) is 13.9. The smallest absolute Gasteiger partial charge is 0.224 e. The van der Waals surface area contributed by atoms with Gasteiger partial charge in [-0.25, -0.2) is 0 Å². The van der Waals surface area contributed by atoms with Gasteiger partial charge in [0.25, 0.3) is 0 Å². The van der Waals surface area contributed by atoms with Gasteiger partial charge in [-0.2, -0.15) is 15.1 Å². The largest absolute Gasteiger partial charge is 0.368 e. The molecule has 0 bridgehead atoms. The monoisotopic (exact) mass is 275 g/mol. The van der Waals surface area contributed by atoms with E-state index in [4.69, 9.17) is 5.73 Å². The number of anilines is 2. The molecule has 1 aliphatic rings. The molecule has 3 heterocycles. The number of H-pyrrole nitrogens is 1. The lowest BCUT2D eigenvalue weighted by atomic mass is 10.1. The molecule has 0 saturated carbocycles. The van der Waals surface area contributed by atoms with E-state index < -0.39 is 0 Å². The third kappa shape index (κ3) is 2.67. The molecule has 0 aromatic carbocycles. The van der Waals surface area contributed by atoms with E-state index in [9.17, 15) is 0 Å². The van der Waals surface area contributed by atoms with Crippen LogP contribution in [0.25, 0.3) is 11.0 Å². The molecule has 108 valence electrons. The summed E-state index contributed by atoms with van der Waals surface area (Å²) in [6.07, 6.45) is 5.69. The highest BCUT2D eigenvalue weighted by Gasteiger charge is 2.17. The van der Waals surface area contributed by atoms with Crippen molar-refractivity contribution in [1.82, 2.24) is 25.1 Å². The van der Waals surface area contributed by atoms with Crippen molar-refractivity contribution >= 4 is 22.8 Å². The van der Waals surface area contributed by atoms with Crippen molar-refractivity contribution in [3.8, 4) is 0 Å². The molecule has 7 heteroatoms. The van der Waals surface area contributed by atoms with Gasteiger partial charge in [-0.05, 0) is 32.9 Å². The summed E-state index contributed by atoms with van der Waals surface area (Å²) >= 11 is 0. The fourth-order valence-electron chi connectivity index (χ4n) is 2.72. The molecule has 4 N–H and O–H groups in total. The number of nitrogens with zero attached hydrogens (tertiary/aromatic N) is 4. The van der Waals surface area contributed by atoms with E-state index in [-0.39, 0.29) is 5.95 Å². The van der Waals surface area contributed by atoms with Gasteiger partial charge in [0.05, 0.1) is 11.6 Å². The molecule has 1 saturated heterocycles. The van der Waals surface area contributed by atoms with Gasteiger partial charge in [-0.1, -0.05) is 6.42 Å². The molecular weight excluding hydrogens is 254 g/mol. The highest BCUT2D eigenvalue weighted by Crippen LogP contribution is 2.19. The van der Waals surface area contributed by atoms with E-state index in [0.29, 0.717) is 11.7 Å². The molecule has 0 aliphatic carbocycles. The van der Waals surface area contributed by atoms with E-state index >= 15 is 0 Å². The van der Waals surface area contributed by atoms with Crippen molar-refractivity contribution in [2.45, 2.75) is 32.2 Å². The average Bonchev–Trinajstić information content (AvgIpc) is 2.93. The van der Waals surface area contributed by atoms with Crippen LogP contribution >= 0.6 is 0 Å². The first-order valence-corrected chi connectivity index (χ1v) is 7.18. The van der Waals surface area contributed by atoms with Crippen molar-refractivity contribution in [1.29, 1.82) is 0 Å². The average molecular weight is 275 g/mol. The lowest BCUT2D eigenvalue weighted by Gasteiger charge is -2.32. The second kappa shape index (κ2) is 5.62. The Balaban J connectivity index is 1.68. The molecule has 3 rings (SSSR count). The van der Waals surface area contributed by atoms with Gasteiger partial charge in [-0.3, -0.25) is 10.00 Å². The molecule has 1 aliphatic heterocycles. The number of fused-ring (bicyclic) bond motifs is 1. The van der Waals surface area contributed by atoms with Crippen LogP contribution in [-0.4, -0.2) is 50.7 Å². The molecule has 2 aromatic heterocycles. The Kier molecular flexibility index (Phi) is 3.68. The fourth-order valence-corrected chi connectivity index (χ4v) is 2.72. The number of hydrogen-bond acceptors (Lipinski definition) is 6. The number of nitrogen functional groups attached to an aromatic ring is 1. The van der Waals surface area contributed by atoms with Crippen molar-refractivity contribution in [3.63, 3.8) is 0 Å². The van der Waals surface area contributed by atoms with Crippen LogP contribution < -0.4 is 11.1 Å². The fraction of sp³-hybridized carbons (Fsp3) is 0.615. The van der Waals surface area contributed by atoms with E-state index in [1.807, 2.05) is 0 Å². The van der Waals surface area contributed by atoms with Crippen LogP contribution in [-0.2, 0) is 0 Å². The topological polar surface area (TPSA) is 95.8 Å². The summed E-state index contributed by atoms with van der Waals surface area (Å²) in [7, 11) is 0. The molecular formula is C13H21N7. The summed E-state index contributed by atoms with van der Waals surface area (Å²) in [5.74, 6) is 1.01. The van der Waals surface area contributed by atoms with Crippen LogP contribution in [0.15, 0.2) is 6.20 Å². The minimum absolute atomic E-state index is 0.259. The molecule has 20 heavy (non-hydrogen) atoms. The van der Waals surface area contributed by atoms with Crippen LogP contribution in [0.5, 0.6) is 0 Å². The standard InChI is InChI=1S/C13H21N7/c1-9(20-5-3-2-4-6-20)7-15-11-10-8-16-19-12(10)18-13(14)17-11/h8-9H,2-7H2,1H3,(H4,14,15,16,17,18,19). The van der Waals surface area contributed by atoms with Gasteiger partial charge in [0.1, 0.15) is 5.82 Å². The molecule has 7 nitrogen and oxygen atoms in total. The van der Waals surface area contributed by atoms with Crippen LogP contribution in [0.1, 0.15) is 26.2 Å². The quantitative estimate of drug-likeness (QED) is 0.776. The van der Waals surface area contributed by atoms with E-state index in [2.05, 4.69) is 37.3 Å². The zero-order valence-corrected chi connectivity index (χ0v) is 11.8. The molecule has 0 radical (unpaired) electrons. The van der Waals surface area contributed by atoms with Gasteiger partial charge >= 0.3 is 0 Å². The first-order chi connectivity index (χ1) is 9.74. The predicted octanol–water partition coefficient (Wildman–Crippen LogP) is 1.22. The molecule has 2 aromatic rings. The summed E-state index contributed by atoms with van der Waals surface area (Å²) in [6, 6.07) is 0.480. The Hall–Kier alpha value is -1.89. The summed E-state index contributed by atoms with van der Waals surface area (Å²) < 4.78 is 0. The number of piperidine rings is 1.